The Morgan fingerprint density at radius 2 is 2.06 bits per heavy atom. The van der Waals surface area contributed by atoms with E-state index in [1.165, 1.54) is 0 Å². The molecule has 1 aliphatic heterocycles. The Morgan fingerprint density at radius 1 is 1.28 bits per heavy atom. The molecule has 0 fully saturated rings. The van der Waals surface area contributed by atoms with Crippen LogP contribution in [0.1, 0.15) is 27.8 Å². The van der Waals surface area contributed by atoms with Crippen molar-refractivity contribution in [1.82, 2.24) is 10.3 Å². The van der Waals surface area contributed by atoms with Crippen molar-refractivity contribution in [2.45, 2.75) is 13.2 Å². The zero-order valence-electron chi connectivity index (χ0n) is 9.82. The Morgan fingerprint density at radius 3 is 2.83 bits per heavy atom. The molecule has 5 heteroatoms. The van der Waals surface area contributed by atoms with Gasteiger partial charge in [0.1, 0.15) is 5.69 Å². The molecule has 1 aromatic carbocycles. The SMILES string of the molecule is CCOC1NC(=O)c2[nH]c3ccccc3c2C1=O. The second-order valence-electron chi connectivity index (χ2n) is 4.09. The van der Waals surface area contributed by atoms with Gasteiger partial charge < -0.3 is 15.0 Å². The van der Waals surface area contributed by atoms with Crippen LogP contribution in [0.25, 0.3) is 10.9 Å². The lowest BCUT2D eigenvalue weighted by molar-refractivity contribution is 0.0278. The van der Waals surface area contributed by atoms with Crippen molar-refractivity contribution < 1.29 is 14.3 Å². The maximum Gasteiger partial charge on any atom is 0.270 e. The summed E-state index contributed by atoms with van der Waals surface area (Å²) in [5.41, 5.74) is 1.52. The Kier molecular flexibility index (Phi) is 2.41. The lowest BCUT2D eigenvalue weighted by Crippen LogP contribution is -2.47. The third-order valence-corrected chi connectivity index (χ3v) is 3.01. The first-order valence-electron chi connectivity index (χ1n) is 5.79. The summed E-state index contributed by atoms with van der Waals surface area (Å²) in [5.74, 6) is -0.511. The maximum absolute atomic E-state index is 12.3. The number of H-pyrrole nitrogens is 1. The van der Waals surface area contributed by atoms with Crippen LogP contribution in [-0.2, 0) is 4.74 Å². The fraction of sp³-hybridized carbons (Fsp3) is 0.231. The highest BCUT2D eigenvalue weighted by Gasteiger charge is 2.35. The van der Waals surface area contributed by atoms with E-state index in [-0.39, 0.29) is 11.7 Å². The molecule has 1 aliphatic rings. The zero-order valence-corrected chi connectivity index (χ0v) is 9.82. The molecular formula is C13H12N2O3. The lowest BCUT2D eigenvalue weighted by Gasteiger charge is -2.21. The molecule has 92 valence electrons. The molecule has 1 atom stereocenters. The Bertz CT molecular complexity index is 645. The largest absolute Gasteiger partial charge is 0.351 e. The van der Waals surface area contributed by atoms with E-state index in [9.17, 15) is 9.59 Å². The number of aromatic amines is 1. The van der Waals surface area contributed by atoms with Gasteiger partial charge in [0.05, 0.1) is 5.56 Å². The predicted octanol–water partition coefficient (Wildman–Crippen LogP) is 1.46. The Labute approximate surface area is 103 Å². The highest BCUT2D eigenvalue weighted by Crippen LogP contribution is 2.26. The smallest absolute Gasteiger partial charge is 0.270 e. The van der Waals surface area contributed by atoms with Crippen molar-refractivity contribution in [3.63, 3.8) is 0 Å². The van der Waals surface area contributed by atoms with E-state index >= 15 is 0 Å². The van der Waals surface area contributed by atoms with E-state index < -0.39 is 6.23 Å². The van der Waals surface area contributed by atoms with Crippen molar-refractivity contribution >= 4 is 22.6 Å². The van der Waals surface area contributed by atoms with Crippen molar-refractivity contribution in [1.29, 1.82) is 0 Å². The minimum atomic E-state index is -0.880. The second-order valence-corrected chi connectivity index (χ2v) is 4.09. The van der Waals surface area contributed by atoms with Crippen LogP contribution in [0.2, 0.25) is 0 Å². The third-order valence-electron chi connectivity index (χ3n) is 3.01. The fourth-order valence-electron chi connectivity index (χ4n) is 2.24. The van der Waals surface area contributed by atoms with E-state index in [0.29, 0.717) is 17.9 Å². The van der Waals surface area contributed by atoms with E-state index in [2.05, 4.69) is 10.3 Å². The summed E-state index contributed by atoms with van der Waals surface area (Å²) in [4.78, 5) is 27.1. The molecule has 5 nitrogen and oxygen atoms in total. The molecule has 1 unspecified atom stereocenters. The fourth-order valence-corrected chi connectivity index (χ4v) is 2.24. The zero-order chi connectivity index (χ0) is 12.7. The van der Waals surface area contributed by atoms with Gasteiger partial charge in [-0.05, 0) is 13.0 Å². The van der Waals surface area contributed by atoms with E-state index in [1.807, 2.05) is 24.3 Å². The summed E-state index contributed by atoms with van der Waals surface area (Å²) >= 11 is 0. The van der Waals surface area contributed by atoms with Gasteiger partial charge in [0.2, 0.25) is 5.78 Å². The standard InChI is InChI=1S/C13H12N2O3/c1-2-18-13-11(16)9-7-5-3-4-6-8(7)14-10(9)12(17)15-13/h3-6,13-14H,2H2,1H3,(H,15,17). The van der Waals surface area contributed by atoms with Gasteiger partial charge in [0, 0.05) is 17.5 Å². The summed E-state index contributed by atoms with van der Waals surface area (Å²) in [7, 11) is 0. The van der Waals surface area contributed by atoms with Gasteiger partial charge in [-0.2, -0.15) is 0 Å². The number of ether oxygens (including phenoxy) is 1. The van der Waals surface area contributed by atoms with Crippen molar-refractivity contribution in [3.8, 4) is 0 Å². The number of nitrogens with one attached hydrogen (secondary N) is 2. The number of aromatic nitrogens is 1. The molecule has 3 rings (SSSR count). The number of rotatable bonds is 2. The number of hydrogen-bond acceptors (Lipinski definition) is 3. The second kappa shape index (κ2) is 3.96. The molecule has 0 aliphatic carbocycles. The van der Waals surface area contributed by atoms with Crippen LogP contribution >= 0.6 is 0 Å². The van der Waals surface area contributed by atoms with Crippen LogP contribution in [0.3, 0.4) is 0 Å². The molecule has 0 bridgehead atoms. The minimum Gasteiger partial charge on any atom is -0.351 e. The van der Waals surface area contributed by atoms with Gasteiger partial charge in [-0.3, -0.25) is 9.59 Å². The van der Waals surface area contributed by atoms with Crippen LogP contribution < -0.4 is 5.32 Å². The highest BCUT2D eigenvalue weighted by atomic mass is 16.5. The number of Topliss-reactive ketones (excluding diaryl/α,β-unsaturated/α-hetero) is 1. The summed E-state index contributed by atoms with van der Waals surface area (Å²) in [6.45, 7) is 2.15. The first-order valence-corrected chi connectivity index (χ1v) is 5.79. The van der Waals surface area contributed by atoms with Crippen LogP contribution in [0.4, 0.5) is 0 Å². The quantitative estimate of drug-likeness (QED) is 0.840. The first kappa shape index (κ1) is 11.0. The first-order chi connectivity index (χ1) is 8.72. The Balaban J connectivity index is 2.21. The van der Waals surface area contributed by atoms with E-state index in [1.54, 1.807) is 6.92 Å². The molecule has 18 heavy (non-hydrogen) atoms. The number of benzene rings is 1. The van der Waals surface area contributed by atoms with Crippen LogP contribution in [0.5, 0.6) is 0 Å². The van der Waals surface area contributed by atoms with Crippen LogP contribution in [0.15, 0.2) is 24.3 Å². The minimum absolute atomic E-state index is 0.205. The highest BCUT2D eigenvalue weighted by molar-refractivity contribution is 6.21. The van der Waals surface area contributed by atoms with Gasteiger partial charge in [-0.1, -0.05) is 18.2 Å². The third kappa shape index (κ3) is 1.44. The normalized spacial score (nSPS) is 18.8. The molecule has 2 aromatic rings. The molecule has 0 saturated carbocycles. The number of amides is 1. The van der Waals surface area contributed by atoms with Gasteiger partial charge in [0.15, 0.2) is 6.23 Å². The van der Waals surface area contributed by atoms with Crippen molar-refractivity contribution in [2.24, 2.45) is 0 Å². The van der Waals surface area contributed by atoms with Crippen molar-refractivity contribution in [3.05, 3.63) is 35.5 Å². The average Bonchev–Trinajstić information content (AvgIpc) is 2.76. The molecule has 0 saturated heterocycles. The molecule has 1 amide bonds. The van der Waals surface area contributed by atoms with E-state index in [4.69, 9.17) is 4.74 Å². The summed E-state index contributed by atoms with van der Waals surface area (Å²) in [6.07, 6.45) is -0.880. The van der Waals surface area contributed by atoms with Gasteiger partial charge in [-0.15, -0.1) is 0 Å². The number of hydrogen-bond donors (Lipinski definition) is 2. The molecule has 1 aromatic heterocycles. The van der Waals surface area contributed by atoms with Gasteiger partial charge in [-0.25, -0.2) is 0 Å². The number of carbonyl (C=O) groups excluding carboxylic acids is 2. The van der Waals surface area contributed by atoms with Gasteiger partial charge >= 0.3 is 0 Å². The number of ketones is 1. The molecule has 2 N–H and O–H groups in total. The molecule has 0 radical (unpaired) electrons. The molecular weight excluding hydrogens is 232 g/mol. The monoisotopic (exact) mass is 244 g/mol. The topological polar surface area (TPSA) is 71.2 Å². The van der Waals surface area contributed by atoms with Crippen LogP contribution in [-0.4, -0.2) is 29.5 Å². The van der Waals surface area contributed by atoms with Crippen LogP contribution in [0, 0.1) is 0 Å². The summed E-state index contributed by atoms with van der Waals surface area (Å²) < 4.78 is 5.25. The Hall–Kier alpha value is -2.14. The molecule has 0 spiro atoms. The number of fused-ring (bicyclic) bond motifs is 3. The summed E-state index contributed by atoms with van der Waals surface area (Å²) in [6, 6.07) is 7.35. The average molecular weight is 244 g/mol. The number of carbonyl (C=O) groups is 2. The van der Waals surface area contributed by atoms with Gasteiger partial charge in [0.25, 0.3) is 5.91 Å². The van der Waals surface area contributed by atoms with Crippen molar-refractivity contribution in [2.75, 3.05) is 6.61 Å². The van der Waals surface area contributed by atoms with E-state index in [0.717, 1.165) is 10.9 Å². The predicted molar refractivity (Wildman–Crippen MR) is 65.5 cm³/mol. The molecule has 2 heterocycles. The maximum atomic E-state index is 12.3. The number of para-hydroxylation sites is 1. The lowest BCUT2D eigenvalue weighted by atomic mass is 10.0. The summed E-state index contributed by atoms with van der Waals surface area (Å²) in [5, 5.41) is 3.30.